The molecule has 1 aliphatic rings. The van der Waals surface area contributed by atoms with Crippen molar-refractivity contribution in [2.75, 3.05) is 0 Å². The Labute approximate surface area is 151 Å². The summed E-state index contributed by atoms with van der Waals surface area (Å²) in [7, 11) is 0. The van der Waals surface area contributed by atoms with E-state index < -0.39 is 34.8 Å². The maximum atomic E-state index is 14.7. The Morgan fingerprint density at radius 3 is 2.19 bits per heavy atom. The Kier molecular flexibility index (Phi) is 3.91. The van der Waals surface area contributed by atoms with Gasteiger partial charge in [-0.15, -0.1) is 0 Å². The van der Waals surface area contributed by atoms with Crippen molar-refractivity contribution < 1.29 is 27.8 Å². The van der Waals surface area contributed by atoms with Crippen molar-refractivity contribution >= 4 is 11.1 Å². The summed E-state index contributed by atoms with van der Waals surface area (Å²) in [6.07, 6.45) is -0.0607. The van der Waals surface area contributed by atoms with Crippen LogP contribution in [-0.2, 0) is 6.42 Å². The Bertz CT molecular complexity index is 1110. The molecular formula is C21H12F4O2. The van der Waals surface area contributed by atoms with Gasteiger partial charge in [0.15, 0.2) is 29.0 Å². The monoisotopic (exact) mass is 372 g/mol. The van der Waals surface area contributed by atoms with Gasteiger partial charge in [0.2, 0.25) is 5.82 Å². The first-order chi connectivity index (χ1) is 12.9. The molecule has 0 saturated carbocycles. The fourth-order valence-corrected chi connectivity index (χ4v) is 3.42. The third kappa shape index (κ3) is 2.56. The Morgan fingerprint density at radius 1 is 0.778 bits per heavy atom. The van der Waals surface area contributed by atoms with Crippen molar-refractivity contribution in [3.8, 4) is 11.5 Å². The molecule has 0 amide bonds. The molecule has 0 aliphatic heterocycles. The van der Waals surface area contributed by atoms with Gasteiger partial charge in [0.25, 0.3) is 0 Å². The zero-order valence-corrected chi connectivity index (χ0v) is 13.7. The highest BCUT2D eigenvalue weighted by molar-refractivity contribution is 6.04. The summed E-state index contributed by atoms with van der Waals surface area (Å²) in [4.78, 5) is 0. The summed E-state index contributed by atoms with van der Waals surface area (Å²) in [5.41, 5.74) is 0.968. The molecule has 0 fully saturated rings. The van der Waals surface area contributed by atoms with Crippen molar-refractivity contribution in [1.29, 1.82) is 0 Å². The molecule has 6 heteroatoms. The standard InChI is InChI=1S/C21H12F4O2/c22-14-9-11-8-13(12-6-7-15(26)19(24)18(12)23)16(10-4-2-1-3-5-10)17(11)20(25)21(14)27/h1-7,9,26-27H,8H2. The zero-order chi connectivity index (χ0) is 19.3. The number of aromatic hydroxyl groups is 2. The van der Waals surface area contributed by atoms with E-state index in [0.717, 1.165) is 12.1 Å². The molecule has 3 aromatic carbocycles. The van der Waals surface area contributed by atoms with Crippen LogP contribution in [0, 0.1) is 23.3 Å². The fraction of sp³-hybridized carbons (Fsp3) is 0.0476. The number of fused-ring (bicyclic) bond motifs is 1. The van der Waals surface area contributed by atoms with E-state index >= 15 is 0 Å². The highest BCUT2D eigenvalue weighted by atomic mass is 19.2. The molecule has 0 unspecified atom stereocenters. The lowest BCUT2D eigenvalue weighted by molar-refractivity contribution is 0.395. The number of hydrogen-bond donors (Lipinski definition) is 2. The van der Waals surface area contributed by atoms with Gasteiger partial charge in [-0.05, 0) is 46.9 Å². The molecule has 2 nitrogen and oxygen atoms in total. The molecule has 0 radical (unpaired) electrons. The SMILES string of the molecule is Oc1ccc(C2=C(c3ccccc3)c3c(cc(F)c(O)c3F)C2)c(F)c1F. The van der Waals surface area contributed by atoms with Crippen LogP contribution in [0.15, 0.2) is 48.5 Å². The molecular weight excluding hydrogens is 360 g/mol. The number of halogens is 4. The van der Waals surface area contributed by atoms with Crippen LogP contribution < -0.4 is 0 Å². The third-order valence-corrected chi connectivity index (χ3v) is 4.64. The second-order valence-corrected chi connectivity index (χ2v) is 6.21. The van der Waals surface area contributed by atoms with E-state index in [9.17, 15) is 27.8 Å². The molecule has 0 spiro atoms. The first-order valence-electron chi connectivity index (χ1n) is 8.06. The molecule has 0 saturated heterocycles. The topological polar surface area (TPSA) is 40.5 Å². The van der Waals surface area contributed by atoms with Crippen LogP contribution in [0.2, 0.25) is 0 Å². The number of rotatable bonds is 2. The van der Waals surface area contributed by atoms with Crippen LogP contribution in [0.3, 0.4) is 0 Å². The van der Waals surface area contributed by atoms with E-state index in [4.69, 9.17) is 0 Å². The molecule has 27 heavy (non-hydrogen) atoms. The first kappa shape index (κ1) is 17.1. The van der Waals surface area contributed by atoms with Gasteiger partial charge >= 0.3 is 0 Å². The van der Waals surface area contributed by atoms with Crippen molar-refractivity contribution in [3.05, 3.63) is 94.1 Å². The average Bonchev–Trinajstić information content (AvgIpc) is 3.04. The van der Waals surface area contributed by atoms with Gasteiger partial charge in [0.05, 0.1) is 0 Å². The summed E-state index contributed by atoms with van der Waals surface area (Å²) in [5.74, 6) is -6.95. The van der Waals surface area contributed by atoms with E-state index in [1.807, 2.05) is 0 Å². The van der Waals surface area contributed by atoms with Crippen LogP contribution in [-0.4, -0.2) is 10.2 Å². The van der Waals surface area contributed by atoms with Gasteiger partial charge in [-0.3, -0.25) is 0 Å². The van der Waals surface area contributed by atoms with Crippen molar-refractivity contribution in [2.45, 2.75) is 6.42 Å². The van der Waals surface area contributed by atoms with E-state index in [2.05, 4.69) is 0 Å². The maximum Gasteiger partial charge on any atom is 0.200 e. The predicted molar refractivity (Wildman–Crippen MR) is 92.1 cm³/mol. The number of hydrogen-bond acceptors (Lipinski definition) is 2. The zero-order valence-electron chi connectivity index (χ0n) is 13.7. The van der Waals surface area contributed by atoms with E-state index in [1.165, 1.54) is 6.07 Å². The molecule has 2 N–H and O–H groups in total. The minimum Gasteiger partial charge on any atom is -0.505 e. The van der Waals surface area contributed by atoms with Gasteiger partial charge in [-0.1, -0.05) is 30.3 Å². The lowest BCUT2D eigenvalue weighted by Crippen LogP contribution is -1.97. The van der Waals surface area contributed by atoms with E-state index in [-0.39, 0.29) is 34.3 Å². The highest BCUT2D eigenvalue weighted by Crippen LogP contribution is 2.46. The molecule has 3 aromatic rings. The summed E-state index contributed by atoms with van der Waals surface area (Å²) >= 11 is 0. The lowest BCUT2D eigenvalue weighted by atomic mass is 9.93. The van der Waals surface area contributed by atoms with Gasteiger partial charge in [0, 0.05) is 11.1 Å². The second-order valence-electron chi connectivity index (χ2n) is 6.21. The fourth-order valence-electron chi connectivity index (χ4n) is 3.42. The Morgan fingerprint density at radius 2 is 1.48 bits per heavy atom. The Hall–Kier alpha value is -3.28. The van der Waals surface area contributed by atoms with E-state index in [0.29, 0.717) is 5.56 Å². The molecule has 0 heterocycles. The molecule has 136 valence electrons. The van der Waals surface area contributed by atoms with Crippen molar-refractivity contribution in [1.82, 2.24) is 0 Å². The molecule has 0 atom stereocenters. The maximum absolute atomic E-state index is 14.7. The van der Waals surface area contributed by atoms with Crippen LogP contribution in [0.1, 0.15) is 22.3 Å². The number of benzene rings is 3. The minimum atomic E-state index is -1.42. The number of phenolic OH excluding ortho intramolecular Hbond substituents is 2. The molecule has 4 rings (SSSR count). The summed E-state index contributed by atoms with van der Waals surface area (Å²) in [6, 6.07) is 11.6. The average molecular weight is 372 g/mol. The molecule has 0 aromatic heterocycles. The lowest BCUT2D eigenvalue weighted by Gasteiger charge is -2.12. The van der Waals surface area contributed by atoms with Crippen molar-refractivity contribution in [3.63, 3.8) is 0 Å². The molecule has 1 aliphatic carbocycles. The highest BCUT2D eigenvalue weighted by Gasteiger charge is 2.32. The first-order valence-corrected chi connectivity index (χ1v) is 8.06. The molecule has 0 bridgehead atoms. The summed E-state index contributed by atoms with van der Waals surface area (Å²) in [6.45, 7) is 0. The Balaban J connectivity index is 2.06. The minimum absolute atomic E-state index is 0.0528. The van der Waals surface area contributed by atoms with Crippen LogP contribution >= 0.6 is 0 Å². The van der Waals surface area contributed by atoms with Gasteiger partial charge in [0.1, 0.15) is 0 Å². The van der Waals surface area contributed by atoms with Crippen LogP contribution in [0.25, 0.3) is 11.1 Å². The van der Waals surface area contributed by atoms with E-state index in [1.54, 1.807) is 30.3 Å². The van der Waals surface area contributed by atoms with Gasteiger partial charge in [-0.25, -0.2) is 13.2 Å². The van der Waals surface area contributed by atoms with Gasteiger partial charge < -0.3 is 10.2 Å². The number of allylic oxidation sites excluding steroid dienone is 1. The third-order valence-electron chi connectivity index (χ3n) is 4.64. The quantitative estimate of drug-likeness (QED) is 0.610. The van der Waals surface area contributed by atoms with Crippen LogP contribution in [0.4, 0.5) is 17.6 Å². The van der Waals surface area contributed by atoms with Crippen LogP contribution in [0.5, 0.6) is 11.5 Å². The summed E-state index contributed by atoms with van der Waals surface area (Å²) in [5, 5.41) is 19.1. The number of phenols is 2. The van der Waals surface area contributed by atoms with Gasteiger partial charge in [-0.2, -0.15) is 4.39 Å². The predicted octanol–water partition coefficient (Wildman–Crippen LogP) is 5.17. The largest absolute Gasteiger partial charge is 0.505 e. The summed E-state index contributed by atoms with van der Waals surface area (Å²) < 4.78 is 56.9. The normalized spacial score (nSPS) is 13.2. The second kappa shape index (κ2) is 6.16. The van der Waals surface area contributed by atoms with Crippen molar-refractivity contribution in [2.24, 2.45) is 0 Å². The smallest absolute Gasteiger partial charge is 0.200 e.